The molecule has 2 aliphatic carbocycles. The summed E-state index contributed by atoms with van der Waals surface area (Å²) in [5.74, 6) is -1.14. The van der Waals surface area contributed by atoms with Gasteiger partial charge in [-0.15, -0.1) is 0 Å². The number of pyridine rings is 2. The van der Waals surface area contributed by atoms with Gasteiger partial charge in [0.1, 0.15) is 11.6 Å². The van der Waals surface area contributed by atoms with Gasteiger partial charge in [0.2, 0.25) is 0 Å². The molecule has 0 fully saturated rings. The molecule has 4 aromatic carbocycles. The van der Waals surface area contributed by atoms with Crippen LogP contribution in [0.3, 0.4) is 0 Å². The SMILES string of the molecule is CC1(C)C2=C(c3ccc(-c4cc(F)cc(F)c4)cc31)C(C)(C)c1cc(-c3cc(-c4ccncc4)cc(-c4ccncc4)c3)ccc12. The number of hydrogen-bond donors (Lipinski definition) is 0. The average molecular weight is 603 g/mol. The lowest BCUT2D eigenvalue weighted by Crippen LogP contribution is -2.19. The Morgan fingerprint density at radius 3 is 1.17 bits per heavy atom. The fourth-order valence-electron chi connectivity index (χ4n) is 7.69. The Hall–Kier alpha value is -5.22. The summed E-state index contributed by atoms with van der Waals surface area (Å²) in [5.41, 5.74) is 15.3. The highest BCUT2D eigenvalue weighted by Gasteiger charge is 2.49. The smallest absolute Gasteiger partial charge is 0.126 e. The van der Waals surface area contributed by atoms with Crippen molar-refractivity contribution in [2.75, 3.05) is 0 Å². The summed E-state index contributed by atoms with van der Waals surface area (Å²) in [6.45, 7) is 9.16. The lowest BCUT2D eigenvalue weighted by molar-refractivity contribution is 0.584. The normalized spacial score (nSPS) is 15.4. The second kappa shape index (κ2) is 10.1. The minimum Gasteiger partial charge on any atom is -0.265 e. The zero-order chi connectivity index (χ0) is 31.8. The Labute approximate surface area is 268 Å². The molecule has 2 aromatic heterocycles. The number of fused-ring (bicyclic) bond motifs is 4. The molecule has 0 radical (unpaired) electrons. The molecule has 6 aromatic rings. The minimum absolute atomic E-state index is 0.244. The van der Waals surface area contributed by atoms with Crippen molar-refractivity contribution in [3.8, 4) is 44.5 Å². The van der Waals surface area contributed by atoms with E-state index in [1.54, 1.807) is 0 Å². The molecule has 8 rings (SSSR count). The van der Waals surface area contributed by atoms with Crippen LogP contribution in [-0.4, -0.2) is 9.97 Å². The van der Waals surface area contributed by atoms with Crippen LogP contribution in [0.5, 0.6) is 0 Å². The van der Waals surface area contributed by atoms with E-state index in [-0.39, 0.29) is 10.8 Å². The van der Waals surface area contributed by atoms with E-state index in [9.17, 15) is 8.78 Å². The molecule has 0 amide bonds. The van der Waals surface area contributed by atoms with Gasteiger partial charge in [0.15, 0.2) is 0 Å². The first-order valence-corrected chi connectivity index (χ1v) is 15.6. The molecule has 46 heavy (non-hydrogen) atoms. The van der Waals surface area contributed by atoms with Crippen molar-refractivity contribution in [1.29, 1.82) is 0 Å². The summed E-state index contributed by atoms with van der Waals surface area (Å²) in [6, 6.07) is 31.8. The second-order valence-corrected chi connectivity index (χ2v) is 13.4. The van der Waals surface area contributed by atoms with Crippen LogP contribution in [0, 0.1) is 11.6 Å². The number of halogens is 2. The van der Waals surface area contributed by atoms with Gasteiger partial charge in [0, 0.05) is 41.7 Å². The molecule has 0 bridgehead atoms. The first-order valence-electron chi connectivity index (χ1n) is 15.6. The highest BCUT2D eigenvalue weighted by molar-refractivity contribution is 6.10. The fourth-order valence-corrected chi connectivity index (χ4v) is 7.69. The van der Waals surface area contributed by atoms with Crippen molar-refractivity contribution in [3.05, 3.63) is 156 Å². The van der Waals surface area contributed by atoms with Crippen molar-refractivity contribution in [2.45, 2.75) is 38.5 Å². The summed E-state index contributed by atoms with van der Waals surface area (Å²) in [5, 5.41) is 0. The van der Waals surface area contributed by atoms with Crippen molar-refractivity contribution < 1.29 is 8.78 Å². The van der Waals surface area contributed by atoms with Gasteiger partial charge in [-0.3, -0.25) is 9.97 Å². The third-order valence-corrected chi connectivity index (χ3v) is 9.91. The molecule has 0 aliphatic heterocycles. The molecule has 0 N–H and O–H groups in total. The summed E-state index contributed by atoms with van der Waals surface area (Å²) in [4.78, 5) is 8.45. The third kappa shape index (κ3) is 4.35. The fraction of sp³-hybridized carbons (Fsp3) is 0.143. The van der Waals surface area contributed by atoms with E-state index in [1.165, 1.54) is 51.1 Å². The molecule has 224 valence electrons. The van der Waals surface area contributed by atoms with Gasteiger partial charge in [-0.05, 0) is 145 Å². The monoisotopic (exact) mass is 602 g/mol. The molecule has 2 aliphatic rings. The van der Waals surface area contributed by atoms with Crippen LogP contribution in [0.2, 0.25) is 0 Å². The van der Waals surface area contributed by atoms with Gasteiger partial charge in [-0.1, -0.05) is 52.0 Å². The van der Waals surface area contributed by atoms with Gasteiger partial charge >= 0.3 is 0 Å². The quantitative estimate of drug-likeness (QED) is 0.201. The standard InChI is InChI=1S/C42H32F2N2/c1-41(2)37-22-27(31-18-29(25-9-13-45-14-10-25)17-30(19-31)26-11-15-46-16-12-26)5-7-35(37)39-40(41)36-8-6-28(23-38(36)42(39,3)4)32-20-33(43)24-34(44)21-32/h5-24H,1-4H3. The highest BCUT2D eigenvalue weighted by atomic mass is 19.1. The van der Waals surface area contributed by atoms with E-state index < -0.39 is 11.6 Å². The molecule has 0 spiro atoms. The van der Waals surface area contributed by atoms with E-state index >= 15 is 0 Å². The van der Waals surface area contributed by atoms with Crippen LogP contribution in [0.4, 0.5) is 8.78 Å². The summed E-state index contributed by atoms with van der Waals surface area (Å²) < 4.78 is 28.2. The predicted octanol–water partition coefficient (Wildman–Crippen LogP) is 10.9. The van der Waals surface area contributed by atoms with E-state index in [0.29, 0.717) is 5.56 Å². The number of nitrogens with zero attached hydrogens (tertiary/aromatic N) is 2. The lowest BCUT2D eigenvalue weighted by Gasteiger charge is -2.29. The summed E-state index contributed by atoms with van der Waals surface area (Å²) in [6.07, 6.45) is 7.33. The molecule has 0 saturated heterocycles. The van der Waals surface area contributed by atoms with E-state index in [0.717, 1.165) is 39.4 Å². The van der Waals surface area contributed by atoms with E-state index in [1.807, 2.05) is 55.1 Å². The van der Waals surface area contributed by atoms with Gasteiger partial charge < -0.3 is 0 Å². The maximum absolute atomic E-state index is 14.1. The molecule has 2 nitrogen and oxygen atoms in total. The molecule has 2 heterocycles. The van der Waals surface area contributed by atoms with Gasteiger partial charge in [-0.25, -0.2) is 8.78 Å². The summed E-state index contributed by atoms with van der Waals surface area (Å²) >= 11 is 0. The highest BCUT2D eigenvalue weighted by Crippen LogP contribution is 2.63. The van der Waals surface area contributed by atoms with Gasteiger partial charge in [0.25, 0.3) is 0 Å². The van der Waals surface area contributed by atoms with E-state index in [4.69, 9.17) is 0 Å². The molecule has 4 heteroatoms. The van der Waals surface area contributed by atoms with Crippen molar-refractivity contribution >= 4 is 11.1 Å². The zero-order valence-corrected chi connectivity index (χ0v) is 26.2. The van der Waals surface area contributed by atoms with Crippen LogP contribution in [-0.2, 0) is 10.8 Å². The molecular weight excluding hydrogens is 570 g/mol. The zero-order valence-electron chi connectivity index (χ0n) is 26.2. The Kier molecular flexibility index (Phi) is 6.24. The van der Waals surface area contributed by atoms with Crippen LogP contribution in [0.25, 0.3) is 55.7 Å². The molecule has 0 atom stereocenters. The third-order valence-electron chi connectivity index (χ3n) is 9.91. The van der Waals surface area contributed by atoms with E-state index in [2.05, 4.69) is 86.2 Å². The van der Waals surface area contributed by atoms with Gasteiger partial charge in [-0.2, -0.15) is 0 Å². The number of allylic oxidation sites excluding steroid dienone is 2. The van der Waals surface area contributed by atoms with Crippen LogP contribution in [0.15, 0.2) is 122 Å². The largest absolute Gasteiger partial charge is 0.265 e. The van der Waals surface area contributed by atoms with Crippen LogP contribution in [0.1, 0.15) is 49.9 Å². The first kappa shape index (κ1) is 28.3. The molecule has 0 unspecified atom stereocenters. The number of aromatic nitrogens is 2. The van der Waals surface area contributed by atoms with Crippen LogP contribution >= 0.6 is 0 Å². The first-order chi connectivity index (χ1) is 22.1. The molecular formula is C42H32F2N2. The maximum atomic E-state index is 14.1. The van der Waals surface area contributed by atoms with Gasteiger partial charge in [0.05, 0.1) is 0 Å². The number of benzene rings is 4. The average Bonchev–Trinajstić information content (AvgIpc) is 3.45. The maximum Gasteiger partial charge on any atom is 0.126 e. The van der Waals surface area contributed by atoms with Crippen molar-refractivity contribution in [2.24, 2.45) is 0 Å². The number of hydrogen-bond acceptors (Lipinski definition) is 2. The number of rotatable bonds is 4. The topological polar surface area (TPSA) is 25.8 Å². The summed E-state index contributed by atoms with van der Waals surface area (Å²) in [7, 11) is 0. The Morgan fingerprint density at radius 2 is 0.761 bits per heavy atom. The van der Waals surface area contributed by atoms with Crippen molar-refractivity contribution in [1.82, 2.24) is 9.97 Å². The predicted molar refractivity (Wildman–Crippen MR) is 183 cm³/mol. The minimum atomic E-state index is -0.569. The Bertz CT molecular complexity index is 2140. The second-order valence-electron chi connectivity index (χ2n) is 13.4. The lowest BCUT2D eigenvalue weighted by atomic mass is 9.74. The Morgan fingerprint density at radius 1 is 0.391 bits per heavy atom. The van der Waals surface area contributed by atoms with Crippen LogP contribution < -0.4 is 0 Å². The molecule has 0 saturated carbocycles. The Balaban J connectivity index is 1.24. The van der Waals surface area contributed by atoms with Crippen molar-refractivity contribution in [3.63, 3.8) is 0 Å².